The Kier molecular flexibility index (Phi) is 4.95. The molecule has 5 rings (SSSR count). The van der Waals surface area contributed by atoms with Crippen LogP contribution in [0.25, 0.3) is 11.0 Å². The summed E-state index contributed by atoms with van der Waals surface area (Å²) < 4.78 is 3.03. The van der Waals surface area contributed by atoms with E-state index in [1.165, 1.54) is 4.57 Å². The highest BCUT2D eigenvalue weighted by Gasteiger charge is 2.33. The van der Waals surface area contributed by atoms with Crippen LogP contribution in [0.2, 0.25) is 0 Å². The molecule has 0 spiro atoms. The number of imidazole rings is 1. The van der Waals surface area contributed by atoms with Crippen molar-refractivity contribution < 1.29 is 9.59 Å². The highest BCUT2D eigenvalue weighted by atomic mass is 16.2. The number of rotatable bonds is 3. The van der Waals surface area contributed by atoms with Crippen LogP contribution >= 0.6 is 0 Å². The van der Waals surface area contributed by atoms with E-state index in [-0.39, 0.29) is 18.0 Å². The molecule has 2 aliphatic heterocycles. The fourth-order valence-electron chi connectivity index (χ4n) is 4.97. The number of carbonyl (C=O) groups is 2. The first-order chi connectivity index (χ1) is 14.9. The Labute approximate surface area is 180 Å². The summed E-state index contributed by atoms with van der Waals surface area (Å²) in [5, 5.41) is 2.33. The van der Waals surface area contributed by atoms with Crippen LogP contribution in [0, 0.1) is 23.7 Å². The van der Waals surface area contributed by atoms with Crippen LogP contribution in [0.1, 0.15) is 37.3 Å². The van der Waals surface area contributed by atoms with Gasteiger partial charge in [0.2, 0.25) is 11.8 Å². The number of benzene rings is 1. The fourth-order valence-corrected chi connectivity index (χ4v) is 4.97. The molecular formula is C23H27N5O3. The first-order valence-electron chi connectivity index (χ1n) is 10.9. The summed E-state index contributed by atoms with van der Waals surface area (Å²) in [6, 6.07) is 5.37. The zero-order valence-corrected chi connectivity index (χ0v) is 17.6. The van der Waals surface area contributed by atoms with Gasteiger partial charge >= 0.3 is 5.69 Å². The van der Waals surface area contributed by atoms with Crippen molar-refractivity contribution in [3.05, 3.63) is 34.2 Å². The second-order valence-corrected chi connectivity index (χ2v) is 9.16. The number of aromatic nitrogens is 2. The molecule has 2 aromatic rings. The van der Waals surface area contributed by atoms with Crippen molar-refractivity contribution in [3.8, 4) is 11.8 Å². The van der Waals surface area contributed by atoms with Crippen molar-refractivity contribution in [1.29, 1.82) is 0 Å². The largest absolute Gasteiger partial charge is 0.329 e. The van der Waals surface area contributed by atoms with Gasteiger partial charge in [0.25, 0.3) is 0 Å². The third-order valence-corrected chi connectivity index (χ3v) is 6.78. The minimum atomic E-state index is -0.669. The van der Waals surface area contributed by atoms with E-state index in [0.717, 1.165) is 49.5 Å². The first-order valence-corrected chi connectivity index (χ1v) is 10.9. The van der Waals surface area contributed by atoms with Crippen LogP contribution in [0.4, 0.5) is 0 Å². The molecule has 1 aromatic heterocycles. The normalized spacial score (nSPS) is 26.7. The quantitative estimate of drug-likeness (QED) is 0.550. The van der Waals surface area contributed by atoms with Crippen LogP contribution in [0.3, 0.4) is 0 Å². The van der Waals surface area contributed by atoms with Gasteiger partial charge in [-0.3, -0.25) is 24.0 Å². The molecule has 0 bridgehead atoms. The van der Waals surface area contributed by atoms with Gasteiger partial charge in [-0.2, -0.15) is 0 Å². The Morgan fingerprint density at radius 1 is 1.16 bits per heavy atom. The van der Waals surface area contributed by atoms with Gasteiger partial charge in [0.15, 0.2) is 0 Å². The van der Waals surface area contributed by atoms with Gasteiger partial charge in [-0.25, -0.2) is 4.79 Å². The number of hydrogen-bond acceptors (Lipinski definition) is 5. The molecule has 162 valence electrons. The Morgan fingerprint density at radius 3 is 2.65 bits per heavy atom. The average Bonchev–Trinajstić information content (AvgIpc) is 2.92. The summed E-state index contributed by atoms with van der Waals surface area (Å²) in [6.45, 7) is 3.14. The lowest BCUT2D eigenvalue weighted by molar-refractivity contribution is -0.135. The maximum Gasteiger partial charge on any atom is 0.329 e. The van der Waals surface area contributed by atoms with E-state index in [0.29, 0.717) is 23.9 Å². The molecule has 31 heavy (non-hydrogen) atoms. The van der Waals surface area contributed by atoms with Gasteiger partial charge in [-0.05, 0) is 43.4 Å². The highest BCUT2D eigenvalue weighted by Crippen LogP contribution is 2.29. The second-order valence-electron chi connectivity index (χ2n) is 9.16. The monoisotopic (exact) mass is 421 g/mol. The van der Waals surface area contributed by atoms with Gasteiger partial charge in [-0.1, -0.05) is 11.8 Å². The molecular weight excluding hydrogens is 394 g/mol. The zero-order valence-electron chi connectivity index (χ0n) is 17.6. The number of nitrogens with zero attached hydrogens (tertiary/aromatic N) is 3. The van der Waals surface area contributed by atoms with Crippen molar-refractivity contribution in [3.63, 3.8) is 0 Å². The van der Waals surface area contributed by atoms with Gasteiger partial charge in [0, 0.05) is 50.6 Å². The number of hydrogen-bond donors (Lipinski definition) is 2. The van der Waals surface area contributed by atoms with E-state index < -0.39 is 11.9 Å². The molecule has 0 radical (unpaired) electrons. The zero-order chi connectivity index (χ0) is 21.7. The maximum atomic E-state index is 12.8. The summed E-state index contributed by atoms with van der Waals surface area (Å²) in [7, 11) is 1.69. The smallest absolute Gasteiger partial charge is 0.328 e. The molecule has 8 heteroatoms. The Hall–Kier alpha value is -2.89. The minimum absolute atomic E-state index is 0.231. The van der Waals surface area contributed by atoms with Crippen molar-refractivity contribution in [2.45, 2.75) is 37.8 Å². The van der Waals surface area contributed by atoms with Gasteiger partial charge in [0.05, 0.1) is 11.0 Å². The molecule has 8 nitrogen and oxygen atoms in total. The van der Waals surface area contributed by atoms with Crippen molar-refractivity contribution in [2.24, 2.45) is 24.6 Å². The molecule has 1 unspecified atom stereocenters. The molecule has 3 heterocycles. The predicted octanol–water partition coefficient (Wildman–Crippen LogP) is 0.338. The summed E-state index contributed by atoms with van der Waals surface area (Å²) in [4.78, 5) is 39.0. The summed E-state index contributed by atoms with van der Waals surface area (Å²) >= 11 is 0. The van der Waals surface area contributed by atoms with Crippen LogP contribution in [0.5, 0.6) is 0 Å². The topological polar surface area (TPSA) is 102 Å². The van der Waals surface area contributed by atoms with E-state index in [1.54, 1.807) is 11.6 Å². The number of piperidine rings is 1. The van der Waals surface area contributed by atoms with Crippen molar-refractivity contribution >= 4 is 22.8 Å². The standard InChI is InChI=1S/C23H27N5O3/c1-26-20-10-14(2-3-15-11-27(12-15)13-16-8-17(24)9-16)4-5-18(20)28(23(26)31)19-6-7-21(29)25-22(19)30/h4-5,10,15-17,19H,6-9,11-13,24H2,1H3,(H,25,29,30). The molecule has 1 saturated carbocycles. The summed E-state index contributed by atoms with van der Waals surface area (Å²) in [5.41, 5.74) is 7.87. The molecule has 2 saturated heterocycles. The fraction of sp³-hybridized carbons (Fsp3) is 0.522. The van der Waals surface area contributed by atoms with Crippen LogP contribution in [-0.2, 0) is 16.6 Å². The van der Waals surface area contributed by atoms with Crippen molar-refractivity contribution in [1.82, 2.24) is 19.4 Å². The molecule has 2 amide bonds. The molecule has 1 aliphatic carbocycles. The first kappa shape index (κ1) is 20.0. The Bertz CT molecular complexity index is 1170. The molecule has 3 aliphatic rings. The van der Waals surface area contributed by atoms with Gasteiger partial charge in [-0.15, -0.1) is 0 Å². The third kappa shape index (κ3) is 3.68. The predicted molar refractivity (Wildman–Crippen MR) is 116 cm³/mol. The van der Waals surface area contributed by atoms with E-state index in [4.69, 9.17) is 5.73 Å². The lowest BCUT2D eigenvalue weighted by Crippen LogP contribution is -2.51. The maximum absolute atomic E-state index is 12.8. The number of likely N-dealkylation sites (tertiary alicyclic amines) is 1. The lowest BCUT2D eigenvalue weighted by Gasteiger charge is -2.42. The third-order valence-electron chi connectivity index (χ3n) is 6.78. The molecule has 1 aromatic carbocycles. The minimum Gasteiger partial charge on any atom is -0.328 e. The van der Waals surface area contributed by atoms with E-state index in [2.05, 4.69) is 22.1 Å². The van der Waals surface area contributed by atoms with Gasteiger partial charge in [0.1, 0.15) is 6.04 Å². The summed E-state index contributed by atoms with van der Waals surface area (Å²) in [5.74, 6) is 7.02. The number of nitrogens with one attached hydrogen (secondary N) is 1. The van der Waals surface area contributed by atoms with Crippen molar-refractivity contribution in [2.75, 3.05) is 19.6 Å². The number of carbonyl (C=O) groups excluding carboxylic acids is 2. The number of fused-ring (bicyclic) bond motifs is 1. The van der Waals surface area contributed by atoms with Crippen LogP contribution in [0.15, 0.2) is 23.0 Å². The van der Waals surface area contributed by atoms with Crippen LogP contribution < -0.4 is 16.7 Å². The SMILES string of the molecule is Cn1c(=O)n(C2CCC(=O)NC2=O)c2ccc(C#CC3CN(CC4CC(N)C4)C3)cc21. The number of aryl methyl sites for hydroxylation is 1. The summed E-state index contributed by atoms with van der Waals surface area (Å²) in [6.07, 6.45) is 2.85. The van der Waals surface area contributed by atoms with Crippen LogP contribution in [-0.4, -0.2) is 51.5 Å². The molecule has 3 N–H and O–H groups in total. The number of imide groups is 1. The Balaban J connectivity index is 1.31. The van der Waals surface area contributed by atoms with E-state index in [9.17, 15) is 14.4 Å². The number of amides is 2. The lowest BCUT2D eigenvalue weighted by atomic mass is 9.80. The molecule has 1 atom stereocenters. The second kappa shape index (κ2) is 7.66. The van der Waals surface area contributed by atoms with Gasteiger partial charge < -0.3 is 10.6 Å². The average molecular weight is 422 g/mol. The molecule has 3 fully saturated rings. The number of nitrogens with two attached hydrogens (primary N) is 1. The Morgan fingerprint density at radius 2 is 1.94 bits per heavy atom. The van der Waals surface area contributed by atoms with E-state index >= 15 is 0 Å². The van der Waals surface area contributed by atoms with E-state index in [1.807, 2.05) is 18.2 Å². The highest BCUT2D eigenvalue weighted by molar-refractivity contribution is 6.00.